The van der Waals surface area contributed by atoms with Gasteiger partial charge in [-0.3, -0.25) is 14.8 Å². The van der Waals surface area contributed by atoms with E-state index in [0.717, 1.165) is 31.6 Å². The number of nitrogens with zero attached hydrogens (tertiary/aromatic N) is 3. The Morgan fingerprint density at radius 3 is 2.62 bits per heavy atom. The van der Waals surface area contributed by atoms with E-state index in [9.17, 15) is 23.2 Å². The topological polar surface area (TPSA) is 90.7 Å². The lowest BCUT2D eigenvalue weighted by Crippen LogP contribution is -2.40. The number of rotatable bonds is 4. The van der Waals surface area contributed by atoms with Crippen LogP contribution in [0.3, 0.4) is 0 Å². The summed E-state index contributed by atoms with van der Waals surface area (Å²) >= 11 is 0. The highest BCUT2D eigenvalue weighted by Crippen LogP contribution is 2.29. The van der Waals surface area contributed by atoms with Gasteiger partial charge in [0.25, 0.3) is 0 Å². The number of nitriles is 1. The summed E-state index contributed by atoms with van der Waals surface area (Å²) in [6, 6.07) is 5.49. The van der Waals surface area contributed by atoms with Crippen molar-refractivity contribution in [2.24, 2.45) is 0 Å². The van der Waals surface area contributed by atoms with Gasteiger partial charge in [-0.25, -0.2) is 0 Å². The molecule has 0 saturated carbocycles. The van der Waals surface area contributed by atoms with Crippen LogP contribution in [0.5, 0.6) is 0 Å². The minimum atomic E-state index is -4.51. The van der Waals surface area contributed by atoms with Crippen molar-refractivity contribution < 1.29 is 18.0 Å². The predicted molar refractivity (Wildman–Crippen MR) is 101 cm³/mol. The maximum atomic E-state index is 12.6. The van der Waals surface area contributed by atoms with E-state index in [1.54, 1.807) is 6.07 Å². The van der Waals surface area contributed by atoms with Gasteiger partial charge in [-0.2, -0.15) is 18.4 Å². The number of carbonyl (C=O) groups excluding carboxylic acids is 1. The highest BCUT2D eigenvalue weighted by Gasteiger charge is 2.32. The summed E-state index contributed by atoms with van der Waals surface area (Å²) in [4.78, 5) is 19.6. The number of carbonyl (C=O) groups is 1. The summed E-state index contributed by atoms with van der Waals surface area (Å²) in [7, 11) is 0. The average Bonchev–Trinajstić information content (AvgIpc) is 3.28. The summed E-state index contributed by atoms with van der Waals surface area (Å²) in [6.07, 6.45) is -0.401. The second-order valence-corrected chi connectivity index (χ2v) is 6.14. The zero-order valence-corrected chi connectivity index (χ0v) is 16.2. The minimum absolute atomic E-state index is 0.128. The molecule has 0 aliphatic carbocycles. The second-order valence-electron chi connectivity index (χ2n) is 6.14. The molecule has 0 bridgehead atoms. The van der Waals surface area contributed by atoms with Crippen LogP contribution in [0.25, 0.3) is 11.3 Å². The van der Waals surface area contributed by atoms with Crippen LogP contribution in [-0.2, 0) is 17.5 Å². The van der Waals surface area contributed by atoms with Crippen molar-refractivity contribution in [2.75, 3.05) is 6.54 Å². The molecule has 1 amide bonds. The van der Waals surface area contributed by atoms with Crippen LogP contribution in [0.15, 0.2) is 30.6 Å². The lowest BCUT2D eigenvalue weighted by atomic mass is 10.1. The molecule has 1 unspecified atom stereocenters. The van der Waals surface area contributed by atoms with Crippen LogP contribution < -0.4 is 10.6 Å². The Labute approximate surface area is 167 Å². The molecule has 0 radical (unpaired) electrons. The maximum absolute atomic E-state index is 12.6. The first-order valence-corrected chi connectivity index (χ1v) is 9.32. The fraction of sp³-hybridized carbons (Fsp3) is 0.400. The fourth-order valence-corrected chi connectivity index (χ4v) is 2.83. The number of amides is 1. The van der Waals surface area contributed by atoms with Gasteiger partial charge in [0.2, 0.25) is 5.91 Å². The van der Waals surface area contributed by atoms with E-state index >= 15 is 0 Å². The van der Waals surface area contributed by atoms with Gasteiger partial charge in [-0.1, -0.05) is 13.8 Å². The Hall–Kier alpha value is -2.99. The van der Waals surface area contributed by atoms with Crippen LogP contribution in [-0.4, -0.2) is 28.5 Å². The molecule has 154 valence electrons. The van der Waals surface area contributed by atoms with Crippen molar-refractivity contribution in [1.82, 2.24) is 20.6 Å². The SMILES string of the molecule is CC.N#Cc1cnc(-c2ccc(C(F)(F)F)nc2)cc1CNC(=O)C1CCCN1. The lowest BCUT2D eigenvalue weighted by molar-refractivity contribution is -0.141. The summed E-state index contributed by atoms with van der Waals surface area (Å²) in [6.45, 7) is 4.92. The van der Waals surface area contributed by atoms with Crippen molar-refractivity contribution in [3.05, 3.63) is 47.4 Å². The fourth-order valence-electron chi connectivity index (χ4n) is 2.83. The number of hydrogen-bond acceptors (Lipinski definition) is 5. The summed E-state index contributed by atoms with van der Waals surface area (Å²) in [5.74, 6) is -0.147. The van der Waals surface area contributed by atoms with Crippen LogP contribution in [0, 0.1) is 11.3 Å². The molecule has 3 heterocycles. The highest BCUT2D eigenvalue weighted by atomic mass is 19.4. The number of halogens is 3. The highest BCUT2D eigenvalue weighted by molar-refractivity contribution is 5.82. The summed E-state index contributed by atoms with van der Waals surface area (Å²) < 4.78 is 37.9. The molecule has 1 atom stereocenters. The molecule has 3 rings (SSSR count). The van der Waals surface area contributed by atoms with E-state index in [-0.39, 0.29) is 18.5 Å². The number of nitrogens with one attached hydrogen (secondary N) is 2. The van der Waals surface area contributed by atoms with E-state index < -0.39 is 11.9 Å². The van der Waals surface area contributed by atoms with Gasteiger partial charge in [-0.05, 0) is 43.1 Å². The molecule has 2 aromatic rings. The third-order valence-electron chi connectivity index (χ3n) is 4.29. The first-order chi connectivity index (χ1) is 13.9. The summed E-state index contributed by atoms with van der Waals surface area (Å²) in [5, 5.41) is 15.1. The van der Waals surface area contributed by atoms with Gasteiger partial charge in [0.05, 0.1) is 17.3 Å². The smallest absolute Gasteiger partial charge is 0.351 e. The van der Waals surface area contributed by atoms with Gasteiger partial charge in [0.1, 0.15) is 11.8 Å². The van der Waals surface area contributed by atoms with E-state index in [2.05, 4.69) is 20.6 Å². The van der Waals surface area contributed by atoms with Gasteiger partial charge in [0, 0.05) is 24.5 Å². The second kappa shape index (κ2) is 9.98. The molecule has 1 aliphatic heterocycles. The maximum Gasteiger partial charge on any atom is 0.433 e. The quantitative estimate of drug-likeness (QED) is 0.813. The van der Waals surface area contributed by atoms with Gasteiger partial charge in [0.15, 0.2) is 0 Å². The van der Waals surface area contributed by atoms with Crippen molar-refractivity contribution >= 4 is 5.91 Å². The van der Waals surface area contributed by atoms with E-state index in [1.165, 1.54) is 12.3 Å². The molecule has 6 nitrogen and oxygen atoms in total. The standard InChI is InChI=1S/C18H16F3N5O.C2H6/c19-18(20,21)16-4-3-11(8-25-16)15-6-12(13(7-22)10-24-15)9-26-17(27)14-2-1-5-23-14;1-2/h3-4,6,8,10,14,23H,1-2,5,9H2,(H,26,27);1-2H3. The predicted octanol–water partition coefficient (Wildman–Crippen LogP) is 3.43. The van der Waals surface area contributed by atoms with Crippen LogP contribution in [0.4, 0.5) is 13.2 Å². The molecular weight excluding hydrogens is 383 g/mol. The molecule has 1 saturated heterocycles. The molecule has 1 aliphatic rings. The molecule has 2 N–H and O–H groups in total. The number of aromatic nitrogens is 2. The first-order valence-electron chi connectivity index (χ1n) is 9.32. The van der Waals surface area contributed by atoms with Crippen molar-refractivity contribution in [1.29, 1.82) is 5.26 Å². The Bertz CT molecular complexity index is 869. The van der Waals surface area contributed by atoms with Crippen LogP contribution in [0.2, 0.25) is 0 Å². The van der Waals surface area contributed by atoms with Gasteiger partial charge >= 0.3 is 6.18 Å². The molecule has 1 fully saturated rings. The zero-order chi connectivity index (χ0) is 21.4. The average molecular weight is 405 g/mol. The molecule has 2 aromatic heterocycles. The molecular formula is C20H22F3N5O. The molecule has 9 heteroatoms. The van der Waals surface area contributed by atoms with Crippen LogP contribution in [0.1, 0.15) is 43.5 Å². The van der Waals surface area contributed by atoms with Crippen molar-refractivity contribution in [3.8, 4) is 17.3 Å². The van der Waals surface area contributed by atoms with E-state index in [0.29, 0.717) is 22.4 Å². The molecule has 0 spiro atoms. The first kappa shape index (κ1) is 22.3. The van der Waals surface area contributed by atoms with Crippen molar-refractivity contribution in [3.63, 3.8) is 0 Å². The Kier molecular flexibility index (Phi) is 7.67. The zero-order valence-electron chi connectivity index (χ0n) is 16.2. The summed E-state index contributed by atoms with van der Waals surface area (Å²) in [5.41, 5.74) is 0.597. The monoisotopic (exact) mass is 405 g/mol. The largest absolute Gasteiger partial charge is 0.433 e. The number of pyridine rings is 2. The minimum Gasteiger partial charge on any atom is -0.351 e. The molecule has 29 heavy (non-hydrogen) atoms. The Morgan fingerprint density at radius 1 is 1.31 bits per heavy atom. The van der Waals surface area contributed by atoms with Crippen molar-refractivity contribution in [2.45, 2.75) is 45.5 Å². The molecule has 0 aromatic carbocycles. The van der Waals surface area contributed by atoms with Gasteiger partial charge in [-0.15, -0.1) is 0 Å². The van der Waals surface area contributed by atoms with Crippen LogP contribution >= 0.6 is 0 Å². The third kappa shape index (κ3) is 5.74. The number of hydrogen-bond donors (Lipinski definition) is 2. The van der Waals surface area contributed by atoms with E-state index in [4.69, 9.17) is 0 Å². The normalized spacial score (nSPS) is 15.8. The third-order valence-corrected chi connectivity index (χ3v) is 4.29. The van der Waals surface area contributed by atoms with Gasteiger partial charge < -0.3 is 10.6 Å². The van der Waals surface area contributed by atoms with E-state index in [1.807, 2.05) is 19.9 Å². The number of alkyl halides is 3. The Balaban J connectivity index is 0.00000145. The Morgan fingerprint density at radius 2 is 2.07 bits per heavy atom. The lowest BCUT2D eigenvalue weighted by Gasteiger charge is -2.12.